The van der Waals surface area contributed by atoms with Crippen LogP contribution < -0.4 is 10.5 Å². The van der Waals surface area contributed by atoms with E-state index >= 15 is 0 Å². The molecule has 0 aliphatic rings. The van der Waals surface area contributed by atoms with Gasteiger partial charge in [-0.05, 0) is 31.0 Å². The van der Waals surface area contributed by atoms with Crippen molar-refractivity contribution < 1.29 is 4.74 Å². The van der Waals surface area contributed by atoms with E-state index < -0.39 is 6.10 Å². The molecule has 1 atom stereocenters. The second kappa shape index (κ2) is 6.37. The summed E-state index contributed by atoms with van der Waals surface area (Å²) in [5, 5.41) is 9.38. The highest BCUT2D eigenvalue weighted by Gasteiger charge is 2.13. The standard InChI is InChI=1S/C12H15ClN2O/c1-2-10(8-15)16-12-9(6-7-14)4-3-5-11(12)13/h3-5,10H,2,6-7,14H2,1H3. The Morgan fingerprint density at radius 3 is 2.88 bits per heavy atom. The predicted molar refractivity (Wildman–Crippen MR) is 64.5 cm³/mol. The quantitative estimate of drug-likeness (QED) is 0.858. The molecule has 1 aromatic rings. The summed E-state index contributed by atoms with van der Waals surface area (Å²) >= 11 is 6.05. The number of nitrogens with two attached hydrogens (primary N) is 1. The summed E-state index contributed by atoms with van der Waals surface area (Å²) in [5.41, 5.74) is 6.46. The first kappa shape index (κ1) is 12.8. The smallest absolute Gasteiger partial charge is 0.184 e. The number of hydrogen-bond donors (Lipinski definition) is 1. The summed E-state index contributed by atoms with van der Waals surface area (Å²) in [5.74, 6) is 0.586. The molecule has 0 saturated carbocycles. The van der Waals surface area contributed by atoms with E-state index in [-0.39, 0.29) is 0 Å². The van der Waals surface area contributed by atoms with Gasteiger partial charge in [0.15, 0.2) is 6.10 Å². The summed E-state index contributed by atoms with van der Waals surface area (Å²) in [6, 6.07) is 7.61. The average Bonchev–Trinajstić information content (AvgIpc) is 2.29. The van der Waals surface area contributed by atoms with Gasteiger partial charge in [0.1, 0.15) is 11.8 Å². The summed E-state index contributed by atoms with van der Waals surface area (Å²) < 4.78 is 5.58. The molecule has 0 aliphatic heterocycles. The third-order valence-electron chi connectivity index (χ3n) is 2.24. The normalized spacial score (nSPS) is 11.9. The molecule has 16 heavy (non-hydrogen) atoms. The zero-order chi connectivity index (χ0) is 12.0. The largest absolute Gasteiger partial charge is 0.474 e. The molecule has 1 rings (SSSR count). The van der Waals surface area contributed by atoms with Gasteiger partial charge in [0.2, 0.25) is 0 Å². The molecule has 0 heterocycles. The summed E-state index contributed by atoms with van der Waals surface area (Å²) in [6.07, 6.45) is 0.859. The molecule has 1 aromatic carbocycles. The number of para-hydroxylation sites is 1. The van der Waals surface area contributed by atoms with Crippen molar-refractivity contribution in [3.05, 3.63) is 28.8 Å². The first-order valence-corrected chi connectivity index (χ1v) is 5.64. The minimum atomic E-state index is -0.462. The van der Waals surface area contributed by atoms with E-state index in [9.17, 15) is 0 Å². The van der Waals surface area contributed by atoms with Gasteiger partial charge in [-0.2, -0.15) is 5.26 Å². The van der Waals surface area contributed by atoms with Crippen LogP contribution in [0.5, 0.6) is 5.75 Å². The Morgan fingerprint density at radius 1 is 1.56 bits per heavy atom. The Hall–Kier alpha value is -1.24. The summed E-state index contributed by atoms with van der Waals surface area (Å²) in [4.78, 5) is 0. The molecule has 0 bridgehead atoms. The lowest BCUT2D eigenvalue weighted by Crippen LogP contribution is -2.14. The monoisotopic (exact) mass is 238 g/mol. The predicted octanol–water partition coefficient (Wildman–Crippen LogP) is 2.52. The van der Waals surface area contributed by atoms with Crippen molar-refractivity contribution in [1.82, 2.24) is 0 Å². The first-order chi connectivity index (χ1) is 7.72. The molecular formula is C12H15ClN2O. The molecule has 2 N–H and O–H groups in total. The van der Waals surface area contributed by atoms with Crippen LogP contribution in [0.1, 0.15) is 18.9 Å². The van der Waals surface area contributed by atoms with Crippen LogP contribution in [-0.2, 0) is 6.42 Å². The van der Waals surface area contributed by atoms with Gasteiger partial charge in [-0.15, -0.1) is 0 Å². The maximum atomic E-state index is 8.86. The minimum Gasteiger partial charge on any atom is -0.474 e. The third kappa shape index (κ3) is 3.13. The SMILES string of the molecule is CCC(C#N)Oc1c(Cl)cccc1CCN. The van der Waals surface area contributed by atoms with E-state index in [4.69, 9.17) is 27.3 Å². The number of hydrogen-bond acceptors (Lipinski definition) is 3. The van der Waals surface area contributed by atoms with Crippen molar-refractivity contribution in [2.45, 2.75) is 25.9 Å². The molecule has 0 aromatic heterocycles. The van der Waals surface area contributed by atoms with Gasteiger partial charge in [0, 0.05) is 0 Å². The number of nitrogens with zero attached hydrogens (tertiary/aromatic N) is 1. The highest BCUT2D eigenvalue weighted by Crippen LogP contribution is 2.30. The number of benzene rings is 1. The van der Waals surface area contributed by atoms with Gasteiger partial charge in [-0.3, -0.25) is 0 Å². The van der Waals surface area contributed by atoms with E-state index in [1.807, 2.05) is 19.1 Å². The maximum Gasteiger partial charge on any atom is 0.184 e. The van der Waals surface area contributed by atoms with Crippen molar-refractivity contribution in [2.75, 3.05) is 6.54 Å². The lowest BCUT2D eigenvalue weighted by atomic mass is 10.1. The Kier molecular flexibility index (Phi) is 5.10. The molecule has 0 saturated heterocycles. The van der Waals surface area contributed by atoms with E-state index in [1.54, 1.807) is 6.07 Å². The Labute approximate surface area is 101 Å². The molecule has 0 fully saturated rings. The number of rotatable bonds is 5. The van der Waals surface area contributed by atoms with Gasteiger partial charge in [0.25, 0.3) is 0 Å². The molecule has 0 radical (unpaired) electrons. The molecule has 1 unspecified atom stereocenters. The van der Waals surface area contributed by atoms with Crippen LogP contribution in [0.15, 0.2) is 18.2 Å². The van der Waals surface area contributed by atoms with Crippen LogP contribution in [0.25, 0.3) is 0 Å². The van der Waals surface area contributed by atoms with E-state index in [0.717, 1.165) is 5.56 Å². The minimum absolute atomic E-state index is 0.462. The van der Waals surface area contributed by atoms with Gasteiger partial charge in [-0.1, -0.05) is 30.7 Å². The van der Waals surface area contributed by atoms with E-state index in [2.05, 4.69) is 6.07 Å². The number of halogens is 1. The van der Waals surface area contributed by atoms with Gasteiger partial charge >= 0.3 is 0 Å². The Morgan fingerprint density at radius 2 is 2.31 bits per heavy atom. The number of ether oxygens (including phenoxy) is 1. The lowest BCUT2D eigenvalue weighted by Gasteiger charge is -2.15. The molecule has 0 amide bonds. The molecule has 0 aliphatic carbocycles. The fraction of sp³-hybridized carbons (Fsp3) is 0.417. The second-order valence-corrected chi connectivity index (χ2v) is 3.82. The number of nitriles is 1. The van der Waals surface area contributed by atoms with Crippen molar-refractivity contribution in [2.24, 2.45) is 5.73 Å². The molecule has 4 heteroatoms. The molecule has 3 nitrogen and oxygen atoms in total. The van der Waals surface area contributed by atoms with Crippen LogP contribution >= 0.6 is 11.6 Å². The topological polar surface area (TPSA) is 59.0 Å². The average molecular weight is 239 g/mol. The van der Waals surface area contributed by atoms with Crippen LogP contribution in [0, 0.1) is 11.3 Å². The highest BCUT2D eigenvalue weighted by atomic mass is 35.5. The third-order valence-corrected chi connectivity index (χ3v) is 2.53. The summed E-state index contributed by atoms with van der Waals surface area (Å²) in [7, 11) is 0. The molecular weight excluding hydrogens is 224 g/mol. The van der Waals surface area contributed by atoms with Crippen LogP contribution in [0.3, 0.4) is 0 Å². The van der Waals surface area contributed by atoms with Gasteiger partial charge in [0.05, 0.1) is 5.02 Å². The maximum absolute atomic E-state index is 8.86. The van der Waals surface area contributed by atoms with Crippen LogP contribution in [0.2, 0.25) is 5.02 Å². The van der Waals surface area contributed by atoms with E-state index in [1.165, 1.54) is 0 Å². The lowest BCUT2D eigenvalue weighted by molar-refractivity contribution is 0.249. The summed E-state index contributed by atoms with van der Waals surface area (Å²) in [6.45, 7) is 2.42. The Balaban J connectivity index is 2.96. The first-order valence-electron chi connectivity index (χ1n) is 5.26. The molecule has 86 valence electrons. The van der Waals surface area contributed by atoms with Gasteiger partial charge in [-0.25, -0.2) is 0 Å². The van der Waals surface area contributed by atoms with Crippen LogP contribution in [0.4, 0.5) is 0 Å². The molecule has 0 spiro atoms. The van der Waals surface area contributed by atoms with Crippen molar-refractivity contribution in [3.8, 4) is 11.8 Å². The van der Waals surface area contributed by atoms with Crippen LogP contribution in [-0.4, -0.2) is 12.6 Å². The Bertz CT molecular complexity index is 387. The van der Waals surface area contributed by atoms with Crippen molar-refractivity contribution in [1.29, 1.82) is 5.26 Å². The van der Waals surface area contributed by atoms with Crippen molar-refractivity contribution >= 4 is 11.6 Å². The van der Waals surface area contributed by atoms with Gasteiger partial charge < -0.3 is 10.5 Å². The fourth-order valence-corrected chi connectivity index (χ4v) is 1.62. The van der Waals surface area contributed by atoms with E-state index in [0.29, 0.717) is 30.2 Å². The van der Waals surface area contributed by atoms with Crippen molar-refractivity contribution in [3.63, 3.8) is 0 Å². The second-order valence-electron chi connectivity index (χ2n) is 3.41. The zero-order valence-electron chi connectivity index (χ0n) is 9.24. The fourth-order valence-electron chi connectivity index (χ4n) is 1.38. The highest BCUT2D eigenvalue weighted by molar-refractivity contribution is 6.32. The zero-order valence-corrected chi connectivity index (χ0v) is 10.00.